The normalized spacial score (nSPS) is 14.6. The molecule has 7 heteroatoms. The van der Waals surface area contributed by atoms with E-state index in [0.29, 0.717) is 51.9 Å². The van der Waals surface area contributed by atoms with Crippen molar-refractivity contribution in [2.24, 2.45) is 0 Å². The largest absolute Gasteiger partial charge is 0.492 e. The number of rotatable bonds is 9. The number of halogens is 1. The molecular weight excluding hydrogens is 459 g/mol. The van der Waals surface area contributed by atoms with E-state index in [1.165, 1.54) is 12.1 Å². The smallest absolute Gasteiger partial charge is 0.408 e. The Morgan fingerprint density at radius 2 is 1.53 bits per heavy atom. The number of hydrogen-bond donors (Lipinski definition) is 1. The summed E-state index contributed by atoms with van der Waals surface area (Å²) in [7, 11) is 0. The SMILES string of the molecule is O=C(NCCOc1ccccc1)OC1(c2ccccc2)CCN(C(=O)CCc2ccc(F)cc2)CC1. The van der Waals surface area contributed by atoms with Crippen LogP contribution < -0.4 is 10.1 Å². The van der Waals surface area contributed by atoms with Crippen LogP contribution in [0.1, 0.15) is 30.4 Å². The fraction of sp³-hybridized carbons (Fsp3) is 0.310. The van der Waals surface area contributed by atoms with Crippen molar-refractivity contribution in [3.63, 3.8) is 0 Å². The molecule has 1 saturated heterocycles. The van der Waals surface area contributed by atoms with Crippen LogP contribution in [0.2, 0.25) is 0 Å². The molecule has 3 aromatic rings. The number of carbonyl (C=O) groups is 2. The number of hydrogen-bond acceptors (Lipinski definition) is 4. The minimum absolute atomic E-state index is 0.0449. The molecule has 0 aromatic heterocycles. The molecule has 0 aliphatic carbocycles. The molecule has 188 valence electrons. The first-order valence-corrected chi connectivity index (χ1v) is 12.3. The van der Waals surface area contributed by atoms with E-state index >= 15 is 0 Å². The third-order valence-corrected chi connectivity index (χ3v) is 6.44. The summed E-state index contributed by atoms with van der Waals surface area (Å²) in [5.41, 5.74) is 1.04. The van der Waals surface area contributed by atoms with Crippen LogP contribution in [0.25, 0.3) is 0 Å². The predicted molar refractivity (Wildman–Crippen MR) is 135 cm³/mol. The van der Waals surface area contributed by atoms with Crippen LogP contribution >= 0.6 is 0 Å². The van der Waals surface area contributed by atoms with Crippen LogP contribution in [-0.2, 0) is 21.6 Å². The average molecular weight is 491 g/mol. The molecule has 1 fully saturated rings. The molecule has 1 heterocycles. The van der Waals surface area contributed by atoms with Crippen LogP contribution in [0.4, 0.5) is 9.18 Å². The molecule has 0 spiro atoms. The van der Waals surface area contributed by atoms with Crippen molar-refractivity contribution >= 4 is 12.0 Å². The Labute approximate surface area is 211 Å². The maximum atomic E-state index is 13.1. The van der Waals surface area contributed by atoms with Crippen LogP contribution in [0.5, 0.6) is 5.75 Å². The average Bonchev–Trinajstić information content (AvgIpc) is 2.92. The van der Waals surface area contributed by atoms with Crippen molar-refractivity contribution in [3.8, 4) is 5.75 Å². The summed E-state index contributed by atoms with van der Waals surface area (Å²) in [4.78, 5) is 27.3. The van der Waals surface area contributed by atoms with Gasteiger partial charge in [-0.25, -0.2) is 9.18 Å². The quantitative estimate of drug-likeness (QED) is 0.425. The number of aryl methyl sites for hydroxylation is 1. The minimum Gasteiger partial charge on any atom is -0.492 e. The number of benzene rings is 3. The van der Waals surface area contributed by atoms with Crippen LogP contribution in [0, 0.1) is 5.82 Å². The Kier molecular flexibility index (Phi) is 8.55. The molecule has 1 aliphatic heterocycles. The molecular formula is C29H31FN2O4. The van der Waals surface area contributed by atoms with Crippen LogP contribution in [0.3, 0.4) is 0 Å². The summed E-state index contributed by atoms with van der Waals surface area (Å²) in [6.45, 7) is 1.61. The Balaban J connectivity index is 1.30. The molecule has 0 atom stereocenters. The second-order valence-electron chi connectivity index (χ2n) is 8.85. The fourth-order valence-corrected chi connectivity index (χ4v) is 4.42. The van der Waals surface area contributed by atoms with Gasteiger partial charge >= 0.3 is 6.09 Å². The molecule has 0 radical (unpaired) electrons. The lowest BCUT2D eigenvalue weighted by molar-refractivity contribution is -0.135. The highest BCUT2D eigenvalue weighted by atomic mass is 19.1. The number of nitrogens with one attached hydrogen (secondary N) is 1. The van der Waals surface area contributed by atoms with E-state index in [1.807, 2.05) is 65.6 Å². The zero-order valence-electron chi connectivity index (χ0n) is 20.2. The van der Waals surface area contributed by atoms with Gasteiger partial charge in [0.15, 0.2) is 0 Å². The van der Waals surface area contributed by atoms with Crippen molar-refractivity contribution in [2.45, 2.75) is 31.3 Å². The lowest BCUT2D eigenvalue weighted by Crippen LogP contribution is -2.48. The molecule has 6 nitrogen and oxygen atoms in total. The maximum absolute atomic E-state index is 13.1. The van der Waals surface area contributed by atoms with E-state index in [0.717, 1.165) is 16.9 Å². The molecule has 2 amide bonds. The Morgan fingerprint density at radius 1 is 0.889 bits per heavy atom. The van der Waals surface area contributed by atoms with Gasteiger partial charge < -0.3 is 19.7 Å². The summed E-state index contributed by atoms with van der Waals surface area (Å²) < 4.78 is 24.7. The van der Waals surface area contributed by atoms with Crippen molar-refractivity contribution in [1.29, 1.82) is 0 Å². The van der Waals surface area contributed by atoms with Gasteiger partial charge in [-0.05, 0) is 41.8 Å². The lowest BCUT2D eigenvalue weighted by atomic mass is 9.84. The number of alkyl carbamates (subject to hydrolysis) is 1. The van der Waals surface area contributed by atoms with Gasteiger partial charge in [0.2, 0.25) is 5.91 Å². The molecule has 1 N–H and O–H groups in total. The molecule has 0 saturated carbocycles. The van der Waals surface area contributed by atoms with Crippen molar-refractivity contribution in [3.05, 3.63) is 102 Å². The Bertz CT molecular complexity index is 1120. The van der Waals surface area contributed by atoms with E-state index in [1.54, 1.807) is 12.1 Å². The number of ether oxygens (including phenoxy) is 2. The van der Waals surface area contributed by atoms with E-state index in [4.69, 9.17) is 9.47 Å². The van der Waals surface area contributed by atoms with E-state index < -0.39 is 11.7 Å². The first kappa shape index (κ1) is 25.2. The lowest BCUT2D eigenvalue weighted by Gasteiger charge is -2.41. The van der Waals surface area contributed by atoms with E-state index in [2.05, 4.69) is 5.32 Å². The molecule has 3 aromatic carbocycles. The summed E-state index contributed by atoms with van der Waals surface area (Å²) in [5.74, 6) is 0.500. The summed E-state index contributed by atoms with van der Waals surface area (Å²) in [6, 6.07) is 25.3. The van der Waals surface area contributed by atoms with Crippen molar-refractivity contribution in [2.75, 3.05) is 26.2 Å². The van der Waals surface area contributed by atoms with Gasteiger partial charge in [0.05, 0.1) is 6.54 Å². The van der Waals surface area contributed by atoms with Gasteiger partial charge in [-0.2, -0.15) is 0 Å². The number of piperidine rings is 1. The number of nitrogens with zero attached hydrogens (tertiary/aromatic N) is 1. The third-order valence-electron chi connectivity index (χ3n) is 6.44. The zero-order chi connectivity index (χ0) is 25.2. The van der Waals surface area contributed by atoms with Crippen molar-refractivity contribution < 1.29 is 23.5 Å². The second-order valence-corrected chi connectivity index (χ2v) is 8.85. The third kappa shape index (κ3) is 6.84. The number of amides is 2. The number of para-hydroxylation sites is 1. The standard InChI is InChI=1S/C29H31FN2O4/c30-25-14-11-23(12-15-25)13-16-27(33)32-20-17-29(18-21-32,24-7-3-1-4-8-24)36-28(34)31-19-22-35-26-9-5-2-6-10-26/h1-12,14-15H,13,16-22H2,(H,31,34). The number of carbonyl (C=O) groups excluding carboxylic acids is 2. The Hall–Kier alpha value is -3.87. The monoisotopic (exact) mass is 490 g/mol. The molecule has 36 heavy (non-hydrogen) atoms. The van der Waals surface area contributed by atoms with Gasteiger partial charge in [-0.15, -0.1) is 0 Å². The van der Waals surface area contributed by atoms with E-state index in [-0.39, 0.29) is 11.7 Å². The highest BCUT2D eigenvalue weighted by Gasteiger charge is 2.40. The first-order valence-electron chi connectivity index (χ1n) is 12.3. The zero-order valence-corrected chi connectivity index (χ0v) is 20.2. The molecule has 1 aliphatic rings. The number of likely N-dealkylation sites (tertiary alicyclic amines) is 1. The predicted octanol–water partition coefficient (Wildman–Crippen LogP) is 5.08. The summed E-state index contributed by atoms with van der Waals surface area (Å²) in [6.07, 6.45) is 1.42. The van der Waals surface area contributed by atoms with Gasteiger partial charge in [0.25, 0.3) is 0 Å². The summed E-state index contributed by atoms with van der Waals surface area (Å²) in [5, 5.41) is 2.78. The van der Waals surface area contributed by atoms with Gasteiger partial charge in [0, 0.05) is 32.4 Å². The highest BCUT2D eigenvalue weighted by Crippen LogP contribution is 2.37. The van der Waals surface area contributed by atoms with Crippen LogP contribution in [-0.4, -0.2) is 43.1 Å². The molecule has 0 unspecified atom stereocenters. The second kappa shape index (κ2) is 12.2. The fourth-order valence-electron chi connectivity index (χ4n) is 4.42. The highest BCUT2D eigenvalue weighted by molar-refractivity contribution is 5.76. The van der Waals surface area contributed by atoms with Gasteiger partial charge in [0.1, 0.15) is 23.8 Å². The molecule has 4 rings (SSSR count). The summed E-state index contributed by atoms with van der Waals surface area (Å²) >= 11 is 0. The van der Waals surface area contributed by atoms with E-state index in [9.17, 15) is 14.0 Å². The van der Waals surface area contributed by atoms with Gasteiger partial charge in [-0.1, -0.05) is 60.7 Å². The first-order chi connectivity index (χ1) is 17.5. The van der Waals surface area contributed by atoms with Crippen LogP contribution in [0.15, 0.2) is 84.9 Å². The molecule has 0 bridgehead atoms. The Morgan fingerprint density at radius 3 is 2.19 bits per heavy atom. The minimum atomic E-state index is -0.806. The topological polar surface area (TPSA) is 67.9 Å². The maximum Gasteiger partial charge on any atom is 0.408 e. The van der Waals surface area contributed by atoms with Gasteiger partial charge in [-0.3, -0.25) is 4.79 Å². The van der Waals surface area contributed by atoms with Crippen molar-refractivity contribution in [1.82, 2.24) is 10.2 Å².